The molecule has 1 aliphatic rings. The van der Waals surface area contributed by atoms with Gasteiger partial charge in [0.05, 0.1) is 0 Å². The Kier molecular flexibility index (Phi) is 3.02. The van der Waals surface area contributed by atoms with Gasteiger partial charge in [-0.15, -0.1) is 11.6 Å². The number of phenols is 1. The molecular weight excluding hydrogens is 268 g/mol. The van der Waals surface area contributed by atoms with Gasteiger partial charge < -0.3 is 5.11 Å². The normalized spacial score (nSPS) is 25.6. The van der Waals surface area contributed by atoms with Crippen LogP contribution in [0.1, 0.15) is 44.7 Å². The summed E-state index contributed by atoms with van der Waals surface area (Å²) in [4.78, 5) is 0. The number of hydrogen-bond acceptors (Lipinski definition) is 1. The summed E-state index contributed by atoms with van der Waals surface area (Å²) in [5.41, 5.74) is 2.61. The number of alkyl halides is 1. The van der Waals surface area contributed by atoms with Crippen molar-refractivity contribution in [3.8, 4) is 5.75 Å². The van der Waals surface area contributed by atoms with Crippen LogP contribution in [0.15, 0.2) is 30.3 Å². The van der Waals surface area contributed by atoms with E-state index in [1.807, 2.05) is 24.3 Å². The van der Waals surface area contributed by atoms with Crippen LogP contribution in [0.25, 0.3) is 10.8 Å². The Balaban J connectivity index is 2.42. The highest BCUT2D eigenvalue weighted by Gasteiger charge is 2.46. The molecule has 0 saturated carbocycles. The molecule has 3 atom stereocenters. The monoisotopic (exact) mass is 288 g/mol. The van der Waals surface area contributed by atoms with Gasteiger partial charge in [0.2, 0.25) is 0 Å². The SMILES string of the molecule is CC(Cl)C1c2c(cc(O)c3ccccc23)C(C)(C)C1C. The van der Waals surface area contributed by atoms with Crippen molar-refractivity contribution < 1.29 is 5.11 Å². The van der Waals surface area contributed by atoms with E-state index in [2.05, 4.69) is 33.8 Å². The minimum absolute atomic E-state index is 0.0324. The molecule has 1 nitrogen and oxygen atoms in total. The van der Waals surface area contributed by atoms with E-state index < -0.39 is 0 Å². The summed E-state index contributed by atoms with van der Waals surface area (Å²) < 4.78 is 0. The highest BCUT2D eigenvalue weighted by molar-refractivity contribution is 6.21. The number of hydrogen-bond donors (Lipinski definition) is 1. The molecule has 0 saturated heterocycles. The number of fused-ring (bicyclic) bond motifs is 3. The van der Waals surface area contributed by atoms with E-state index >= 15 is 0 Å². The van der Waals surface area contributed by atoms with Gasteiger partial charge in [-0.2, -0.15) is 0 Å². The van der Waals surface area contributed by atoms with Gasteiger partial charge in [-0.1, -0.05) is 45.0 Å². The van der Waals surface area contributed by atoms with Crippen molar-refractivity contribution in [2.45, 2.75) is 44.4 Å². The second kappa shape index (κ2) is 4.39. The van der Waals surface area contributed by atoms with Gasteiger partial charge in [0.15, 0.2) is 0 Å². The quantitative estimate of drug-likeness (QED) is 0.717. The molecule has 0 aromatic heterocycles. The number of halogens is 1. The Morgan fingerprint density at radius 2 is 1.80 bits per heavy atom. The third kappa shape index (κ3) is 1.69. The van der Waals surface area contributed by atoms with E-state index in [4.69, 9.17) is 11.6 Å². The lowest BCUT2D eigenvalue weighted by molar-refractivity contribution is 0.327. The summed E-state index contributed by atoms with van der Waals surface area (Å²) in [6.07, 6.45) is 0. The molecule has 106 valence electrons. The minimum atomic E-state index is 0.0324. The predicted molar refractivity (Wildman–Crippen MR) is 85.9 cm³/mol. The van der Waals surface area contributed by atoms with Gasteiger partial charge in [-0.25, -0.2) is 0 Å². The smallest absolute Gasteiger partial charge is 0.123 e. The van der Waals surface area contributed by atoms with Gasteiger partial charge in [-0.05, 0) is 40.8 Å². The van der Waals surface area contributed by atoms with Crippen LogP contribution < -0.4 is 0 Å². The Hall–Kier alpha value is -1.21. The highest BCUT2D eigenvalue weighted by Crippen LogP contribution is 2.55. The minimum Gasteiger partial charge on any atom is -0.507 e. The first-order chi connectivity index (χ1) is 9.35. The number of aromatic hydroxyl groups is 1. The van der Waals surface area contributed by atoms with Crippen molar-refractivity contribution in [2.75, 3.05) is 0 Å². The maximum atomic E-state index is 10.3. The predicted octanol–water partition coefficient (Wildman–Crippen LogP) is 5.18. The van der Waals surface area contributed by atoms with Gasteiger partial charge in [0.1, 0.15) is 5.75 Å². The van der Waals surface area contributed by atoms with Crippen molar-refractivity contribution in [3.05, 3.63) is 41.5 Å². The summed E-state index contributed by atoms with van der Waals surface area (Å²) >= 11 is 6.51. The lowest BCUT2D eigenvalue weighted by Crippen LogP contribution is -2.25. The van der Waals surface area contributed by atoms with Crippen LogP contribution in [0.3, 0.4) is 0 Å². The molecule has 2 aromatic rings. The molecule has 3 unspecified atom stereocenters. The van der Waals surface area contributed by atoms with Crippen molar-refractivity contribution in [1.29, 1.82) is 0 Å². The standard InChI is InChI=1S/C18H21ClO/c1-10-16(11(2)19)17-13-8-6-5-7-12(13)15(20)9-14(17)18(10,3)4/h5-11,16,20H,1-4H3. The zero-order valence-corrected chi connectivity index (χ0v) is 13.2. The van der Waals surface area contributed by atoms with E-state index in [0.29, 0.717) is 17.6 Å². The molecule has 0 bridgehead atoms. The second-order valence-electron chi connectivity index (χ2n) is 6.62. The molecule has 2 aromatic carbocycles. The largest absolute Gasteiger partial charge is 0.507 e. The fraction of sp³-hybridized carbons (Fsp3) is 0.444. The van der Waals surface area contributed by atoms with Crippen LogP contribution >= 0.6 is 11.6 Å². The number of rotatable bonds is 1. The molecule has 0 spiro atoms. The third-order valence-electron chi connectivity index (χ3n) is 5.26. The first kappa shape index (κ1) is 13.8. The Morgan fingerprint density at radius 3 is 2.40 bits per heavy atom. The van der Waals surface area contributed by atoms with E-state index in [-0.39, 0.29) is 10.8 Å². The lowest BCUT2D eigenvalue weighted by atomic mass is 9.76. The molecule has 20 heavy (non-hydrogen) atoms. The van der Waals surface area contributed by atoms with Gasteiger partial charge >= 0.3 is 0 Å². The molecule has 0 heterocycles. The fourth-order valence-electron chi connectivity index (χ4n) is 3.84. The Morgan fingerprint density at radius 1 is 1.20 bits per heavy atom. The third-order valence-corrected chi connectivity index (χ3v) is 5.54. The lowest BCUT2D eigenvalue weighted by Gasteiger charge is -2.29. The molecular formula is C18H21ClO. The zero-order chi connectivity index (χ0) is 14.7. The van der Waals surface area contributed by atoms with Crippen LogP contribution in [0, 0.1) is 5.92 Å². The van der Waals surface area contributed by atoms with Crippen molar-refractivity contribution >= 4 is 22.4 Å². The summed E-state index contributed by atoms with van der Waals surface area (Å²) in [6, 6.07) is 10.0. The average Bonchev–Trinajstić information content (AvgIpc) is 2.59. The summed E-state index contributed by atoms with van der Waals surface area (Å²) in [5, 5.41) is 12.5. The van der Waals surface area contributed by atoms with Crippen molar-refractivity contribution in [3.63, 3.8) is 0 Å². The highest BCUT2D eigenvalue weighted by atomic mass is 35.5. The molecule has 0 aliphatic heterocycles. The second-order valence-corrected chi connectivity index (χ2v) is 7.30. The van der Waals surface area contributed by atoms with Gasteiger partial charge in [0, 0.05) is 16.7 Å². The molecule has 3 rings (SSSR count). The van der Waals surface area contributed by atoms with Gasteiger partial charge in [-0.3, -0.25) is 0 Å². The van der Waals surface area contributed by atoms with E-state index in [9.17, 15) is 5.11 Å². The van der Waals surface area contributed by atoms with Crippen LogP contribution in [0.5, 0.6) is 5.75 Å². The van der Waals surface area contributed by atoms with Crippen LogP contribution in [-0.4, -0.2) is 10.5 Å². The number of benzene rings is 2. The molecule has 0 fully saturated rings. The molecule has 1 aliphatic carbocycles. The number of phenolic OH excluding ortho intramolecular Hbond substituents is 1. The first-order valence-electron chi connectivity index (χ1n) is 7.25. The van der Waals surface area contributed by atoms with Crippen molar-refractivity contribution in [2.24, 2.45) is 5.92 Å². The van der Waals surface area contributed by atoms with Crippen LogP contribution in [0.2, 0.25) is 0 Å². The molecule has 0 amide bonds. The van der Waals surface area contributed by atoms with E-state index in [0.717, 1.165) is 10.8 Å². The molecule has 1 N–H and O–H groups in total. The molecule has 2 heteroatoms. The first-order valence-corrected chi connectivity index (χ1v) is 7.68. The maximum Gasteiger partial charge on any atom is 0.123 e. The zero-order valence-electron chi connectivity index (χ0n) is 12.4. The fourth-order valence-corrected chi connectivity index (χ4v) is 4.19. The summed E-state index contributed by atoms with van der Waals surface area (Å²) in [6.45, 7) is 8.86. The summed E-state index contributed by atoms with van der Waals surface area (Å²) in [5.74, 6) is 1.16. The average molecular weight is 289 g/mol. The Labute approximate surface area is 125 Å². The van der Waals surface area contributed by atoms with E-state index in [1.54, 1.807) is 0 Å². The topological polar surface area (TPSA) is 20.2 Å². The van der Waals surface area contributed by atoms with Crippen molar-refractivity contribution in [1.82, 2.24) is 0 Å². The summed E-state index contributed by atoms with van der Waals surface area (Å²) in [7, 11) is 0. The van der Waals surface area contributed by atoms with Crippen LogP contribution in [0.4, 0.5) is 0 Å². The van der Waals surface area contributed by atoms with Crippen LogP contribution in [-0.2, 0) is 5.41 Å². The van der Waals surface area contributed by atoms with E-state index in [1.165, 1.54) is 11.1 Å². The molecule has 0 radical (unpaired) electrons. The maximum absolute atomic E-state index is 10.3. The Bertz CT molecular complexity index is 672. The van der Waals surface area contributed by atoms with Gasteiger partial charge in [0.25, 0.3) is 0 Å².